The number of nitrogens with zero attached hydrogens (tertiary/aromatic N) is 2. The van der Waals surface area contributed by atoms with E-state index in [1.165, 1.54) is 16.9 Å². The van der Waals surface area contributed by atoms with Crippen molar-refractivity contribution in [3.05, 3.63) is 41.5 Å². The fraction of sp³-hybridized carbons (Fsp3) is 0.500. The number of carbonyl (C=O) groups excluding carboxylic acids is 1. The largest absolute Gasteiger partial charge is 0.490 e. The van der Waals surface area contributed by atoms with Crippen LogP contribution in [0.5, 0.6) is 17.2 Å². The number of rotatable bonds is 11. The number of ether oxygens (including phenoxy) is 4. The van der Waals surface area contributed by atoms with Crippen molar-refractivity contribution in [1.29, 1.82) is 0 Å². The highest BCUT2D eigenvalue weighted by molar-refractivity contribution is 7.22. The lowest BCUT2D eigenvalue weighted by molar-refractivity contribution is 0.0916. The van der Waals surface area contributed by atoms with Crippen LogP contribution in [-0.4, -0.2) is 50.0 Å². The van der Waals surface area contributed by atoms with Gasteiger partial charge in [0.1, 0.15) is 0 Å². The van der Waals surface area contributed by atoms with Gasteiger partial charge < -0.3 is 18.9 Å². The van der Waals surface area contributed by atoms with Crippen molar-refractivity contribution in [3.8, 4) is 17.2 Å². The topological polar surface area (TPSA) is 70.1 Å². The molecular formula is C28H36N2O5S. The van der Waals surface area contributed by atoms with E-state index in [1.807, 2.05) is 20.8 Å². The summed E-state index contributed by atoms with van der Waals surface area (Å²) < 4.78 is 24.5. The van der Waals surface area contributed by atoms with Gasteiger partial charge in [-0.05, 0) is 63.3 Å². The molecule has 1 aliphatic heterocycles. The van der Waals surface area contributed by atoms with Crippen molar-refractivity contribution in [2.75, 3.05) is 37.9 Å². The summed E-state index contributed by atoms with van der Waals surface area (Å²) in [5.41, 5.74) is 2.60. The summed E-state index contributed by atoms with van der Waals surface area (Å²) in [6.45, 7) is 12.5. The molecule has 0 bridgehead atoms. The number of hydrogen-bond donors (Lipinski definition) is 0. The fourth-order valence-electron chi connectivity index (χ4n) is 4.45. The zero-order valence-electron chi connectivity index (χ0n) is 21.8. The maximum atomic E-state index is 14.1. The lowest BCUT2D eigenvalue weighted by atomic mass is 10.0. The van der Waals surface area contributed by atoms with Crippen LogP contribution in [0.2, 0.25) is 0 Å². The fourth-order valence-corrected chi connectivity index (χ4v) is 5.46. The molecule has 2 aromatic carbocycles. The maximum Gasteiger partial charge on any atom is 0.260 e. The quantitative estimate of drug-likeness (QED) is 0.294. The monoisotopic (exact) mass is 512 g/mol. The molecule has 0 radical (unpaired) electrons. The summed E-state index contributed by atoms with van der Waals surface area (Å²) in [7, 11) is 0. The smallest absolute Gasteiger partial charge is 0.260 e. The normalized spacial score (nSPS) is 15.4. The number of amides is 1. The summed E-state index contributed by atoms with van der Waals surface area (Å²) in [6.07, 6.45) is 1.89. The van der Waals surface area contributed by atoms with Crippen LogP contribution < -0.4 is 19.1 Å². The Morgan fingerprint density at radius 2 is 1.81 bits per heavy atom. The Kier molecular flexibility index (Phi) is 8.69. The highest BCUT2D eigenvalue weighted by Gasteiger charge is 2.29. The van der Waals surface area contributed by atoms with Crippen LogP contribution in [-0.2, 0) is 4.74 Å². The summed E-state index contributed by atoms with van der Waals surface area (Å²) in [4.78, 5) is 20.8. The third-order valence-corrected chi connectivity index (χ3v) is 7.15. The SMILES string of the molecule is CCOc1cc(C(=O)N(CC2CCCO2)c2nc3c(C(C)C)cccc3s2)cc(OCC)c1OCC. The molecule has 0 N–H and O–H groups in total. The second kappa shape index (κ2) is 11.9. The van der Waals surface area contributed by atoms with Crippen LogP contribution in [0.3, 0.4) is 0 Å². The van der Waals surface area contributed by atoms with E-state index in [2.05, 4.69) is 32.0 Å². The van der Waals surface area contributed by atoms with Gasteiger partial charge in [0.15, 0.2) is 16.6 Å². The van der Waals surface area contributed by atoms with E-state index in [9.17, 15) is 4.79 Å². The van der Waals surface area contributed by atoms with Gasteiger partial charge in [0.2, 0.25) is 5.75 Å². The Balaban J connectivity index is 1.79. The molecule has 2 heterocycles. The van der Waals surface area contributed by atoms with Crippen molar-refractivity contribution >= 4 is 32.6 Å². The minimum Gasteiger partial charge on any atom is -0.490 e. The molecule has 1 unspecified atom stereocenters. The molecule has 0 aliphatic carbocycles. The van der Waals surface area contributed by atoms with Gasteiger partial charge in [-0.3, -0.25) is 9.69 Å². The van der Waals surface area contributed by atoms with E-state index in [-0.39, 0.29) is 12.0 Å². The minimum atomic E-state index is -0.166. The van der Waals surface area contributed by atoms with Gasteiger partial charge in [-0.2, -0.15) is 0 Å². The zero-order valence-corrected chi connectivity index (χ0v) is 22.7. The number of thiazole rings is 1. The molecule has 3 aromatic rings. The average Bonchev–Trinajstić information content (AvgIpc) is 3.53. The molecule has 7 nitrogen and oxygen atoms in total. The summed E-state index contributed by atoms with van der Waals surface area (Å²) in [6, 6.07) is 9.72. The molecule has 8 heteroatoms. The lowest BCUT2D eigenvalue weighted by Crippen LogP contribution is -2.37. The van der Waals surface area contributed by atoms with Crippen molar-refractivity contribution in [1.82, 2.24) is 4.98 Å². The molecule has 0 spiro atoms. The van der Waals surface area contributed by atoms with E-state index in [0.717, 1.165) is 29.7 Å². The molecule has 1 atom stereocenters. The van der Waals surface area contributed by atoms with Crippen LogP contribution in [0, 0.1) is 0 Å². The first-order valence-corrected chi connectivity index (χ1v) is 13.7. The number of aromatic nitrogens is 1. The summed E-state index contributed by atoms with van der Waals surface area (Å²) in [5.74, 6) is 1.68. The van der Waals surface area contributed by atoms with E-state index in [4.69, 9.17) is 23.9 Å². The Morgan fingerprint density at radius 3 is 2.39 bits per heavy atom. The third-order valence-electron chi connectivity index (χ3n) is 6.10. The molecule has 1 saturated heterocycles. The molecule has 1 amide bonds. The zero-order chi connectivity index (χ0) is 25.7. The standard InChI is InChI=1S/C28H36N2O5S/c1-6-32-22-15-19(16-23(33-7-2)26(22)34-8-3)27(31)30(17-20-11-10-14-35-20)28-29-25-21(18(4)5)12-9-13-24(25)36-28/h9,12-13,15-16,18,20H,6-8,10-11,14,17H2,1-5H3. The molecule has 4 rings (SSSR count). The first-order chi connectivity index (χ1) is 17.5. The van der Waals surface area contributed by atoms with E-state index >= 15 is 0 Å². The van der Waals surface area contributed by atoms with Crippen LogP contribution in [0.1, 0.15) is 69.3 Å². The first-order valence-electron chi connectivity index (χ1n) is 12.9. The van der Waals surface area contributed by atoms with Gasteiger partial charge >= 0.3 is 0 Å². The van der Waals surface area contributed by atoms with Gasteiger partial charge in [-0.15, -0.1) is 0 Å². The first kappa shape index (κ1) is 26.2. The molecule has 0 saturated carbocycles. The van der Waals surface area contributed by atoms with Crippen LogP contribution >= 0.6 is 11.3 Å². The molecule has 1 fully saturated rings. The highest BCUT2D eigenvalue weighted by atomic mass is 32.1. The molecule has 36 heavy (non-hydrogen) atoms. The van der Waals surface area contributed by atoms with Gasteiger partial charge in [0.05, 0.1) is 42.7 Å². The number of fused-ring (bicyclic) bond motifs is 1. The van der Waals surface area contributed by atoms with Gasteiger partial charge in [0.25, 0.3) is 5.91 Å². The van der Waals surface area contributed by atoms with Gasteiger partial charge in [0, 0.05) is 12.2 Å². The number of para-hydroxylation sites is 1. The van der Waals surface area contributed by atoms with E-state index in [1.54, 1.807) is 17.0 Å². The van der Waals surface area contributed by atoms with Gasteiger partial charge in [-0.25, -0.2) is 4.98 Å². The second-order valence-electron chi connectivity index (χ2n) is 9.00. The Labute approximate surface area is 217 Å². The maximum absolute atomic E-state index is 14.1. The van der Waals surface area contributed by atoms with Crippen LogP contribution in [0.25, 0.3) is 10.2 Å². The van der Waals surface area contributed by atoms with Crippen LogP contribution in [0.4, 0.5) is 5.13 Å². The molecular weight excluding hydrogens is 476 g/mol. The summed E-state index contributed by atoms with van der Waals surface area (Å²) in [5, 5.41) is 0.670. The Hall–Kier alpha value is -2.84. The number of hydrogen-bond acceptors (Lipinski definition) is 7. The van der Waals surface area contributed by atoms with Crippen molar-refractivity contribution in [3.63, 3.8) is 0 Å². The molecule has 1 aromatic heterocycles. The minimum absolute atomic E-state index is 0.0223. The van der Waals surface area contributed by atoms with E-state index < -0.39 is 0 Å². The van der Waals surface area contributed by atoms with E-state index in [0.29, 0.717) is 60.2 Å². The molecule has 1 aliphatic rings. The van der Waals surface area contributed by atoms with Crippen molar-refractivity contribution in [2.45, 2.75) is 59.5 Å². The number of anilines is 1. The average molecular weight is 513 g/mol. The lowest BCUT2D eigenvalue weighted by Gasteiger charge is -2.24. The predicted octanol–water partition coefficient (Wildman–Crippen LogP) is 6.44. The van der Waals surface area contributed by atoms with Crippen LogP contribution in [0.15, 0.2) is 30.3 Å². The Bertz CT molecular complexity index is 1160. The van der Waals surface area contributed by atoms with Gasteiger partial charge in [-0.1, -0.05) is 37.3 Å². The highest BCUT2D eigenvalue weighted by Crippen LogP contribution is 2.40. The second-order valence-corrected chi connectivity index (χ2v) is 10.0. The van der Waals surface area contributed by atoms with Crippen molar-refractivity contribution in [2.24, 2.45) is 0 Å². The number of benzene rings is 2. The predicted molar refractivity (Wildman–Crippen MR) is 144 cm³/mol. The summed E-state index contributed by atoms with van der Waals surface area (Å²) >= 11 is 1.53. The third kappa shape index (κ3) is 5.60. The Morgan fingerprint density at radius 1 is 1.11 bits per heavy atom. The molecule has 194 valence electrons. The number of carbonyl (C=O) groups is 1. The van der Waals surface area contributed by atoms with Crippen molar-refractivity contribution < 1.29 is 23.7 Å².